The molecule has 0 aliphatic rings. The van der Waals surface area contributed by atoms with Gasteiger partial charge in [0.15, 0.2) is 0 Å². The van der Waals surface area contributed by atoms with E-state index < -0.39 is 0 Å². The second-order valence-corrected chi connectivity index (χ2v) is 5.81. The first-order chi connectivity index (χ1) is 8.13. The van der Waals surface area contributed by atoms with Crippen LogP contribution in [0.5, 0.6) is 0 Å². The van der Waals surface area contributed by atoms with Crippen LogP contribution in [0.3, 0.4) is 0 Å². The number of benzene rings is 1. The fraction of sp³-hybridized carbons (Fsp3) is 0.625. The summed E-state index contributed by atoms with van der Waals surface area (Å²) in [5.41, 5.74) is 1.45. The highest BCUT2D eigenvalue weighted by atomic mass is 32.1. The Balaban J connectivity index is 2.25. The van der Waals surface area contributed by atoms with Crippen LogP contribution in [0.2, 0.25) is 0 Å². The summed E-state index contributed by atoms with van der Waals surface area (Å²) in [5.74, 6) is 1.58. The summed E-state index contributed by atoms with van der Waals surface area (Å²) in [7, 11) is 0. The molecule has 1 heteroatoms. The normalized spacial score (nSPS) is 14.6. The average molecular weight is 250 g/mol. The molecule has 0 aliphatic carbocycles. The highest BCUT2D eigenvalue weighted by molar-refractivity contribution is 7.80. The molecule has 1 rings (SSSR count). The molecule has 0 radical (unpaired) electrons. The average Bonchev–Trinajstić information content (AvgIpc) is 2.34. The zero-order valence-electron chi connectivity index (χ0n) is 11.4. The minimum Gasteiger partial charge on any atom is -0.143 e. The third-order valence-electron chi connectivity index (χ3n) is 3.74. The molecule has 1 aromatic carbocycles. The minimum atomic E-state index is 0.681. The van der Waals surface area contributed by atoms with Gasteiger partial charge in [0.2, 0.25) is 0 Å². The third-order valence-corrected chi connectivity index (χ3v) is 4.04. The molecule has 0 fully saturated rings. The van der Waals surface area contributed by atoms with E-state index in [9.17, 15) is 0 Å². The maximum Gasteiger partial charge on any atom is 0.00401 e. The second-order valence-electron chi connectivity index (χ2n) is 5.29. The maximum absolute atomic E-state index is 4.32. The quantitative estimate of drug-likeness (QED) is 0.467. The Morgan fingerprint density at radius 1 is 1.00 bits per heavy atom. The van der Waals surface area contributed by atoms with Crippen LogP contribution in [0.25, 0.3) is 0 Å². The van der Waals surface area contributed by atoms with Crippen molar-refractivity contribution in [1.29, 1.82) is 0 Å². The van der Waals surface area contributed by atoms with Crippen molar-refractivity contribution in [2.75, 3.05) is 0 Å². The zero-order chi connectivity index (χ0) is 12.7. The van der Waals surface area contributed by atoms with E-state index in [1.54, 1.807) is 0 Å². The van der Waals surface area contributed by atoms with E-state index in [0.29, 0.717) is 5.92 Å². The van der Waals surface area contributed by atoms with Gasteiger partial charge in [0, 0.05) is 4.90 Å². The predicted octanol–water partition coefficient (Wildman–Crippen LogP) is 5.69. The van der Waals surface area contributed by atoms with Crippen molar-refractivity contribution in [3.8, 4) is 0 Å². The summed E-state index contributed by atoms with van der Waals surface area (Å²) >= 11 is 4.32. The van der Waals surface area contributed by atoms with Crippen molar-refractivity contribution < 1.29 is 0 Å². The first-order valence-electron chi connectivity index (χ1n) is 6.92. The number of thiol groups is 1. The molecule has 0 heterocycles. The molecule has 1 aromatic rings. The van der Waals surface area contributed by atoms with E-state index in [1.807, 2.05) is 0 Å². The highest BCUT2D eigenvalue weighted by Crippen LogP contribution is 2.23. The third kappa shape index (κ3) is 5.63. The lowest BCUT2D eigenvalue weighted by atomic mass is 9.93. The van der Waals surface area contributed by atoms with Crippen molar-refractivity contribution in [1.82, 2.24) is 0 Å². The van der Waals surface area contributed by atoms with Crippen LogP contribution in [0.4, 0.5) is 0 Å². The van der Waals surface area contributed by atoms with E-state index >= 15 is 0 Å². The molecule has 0 saturated heterocycles. The molecular formula is C16H26S. The molecule has 17 heavy (non-hydrogen) atoms. The summed E-state index contributed by atoms with van der Waals surface area (Å²) in [5, 5.41) is 0. The van der Waals surface area contributed by atoms with Crippen LogP contribution in [0.1, 0.15) is 64.4 Å². The van der Waals surface area contributed by atoms with Crippen LogP contribution >= 0.6 is 12.6 Å². The molecule has 96 valence electrons. The molecule has 0 N–H and O–H groups in total. The van der Waals surface area contributed by atoms with Crippen LogP contribution in [-0.2, 0) is 0 Å². The van der Waals surface area contributed by atoms with Gasteiger partial charge in [-0.15, -0.1) is 12.6 Å². The van der Waals surface area contributed by atoms with E-state index in [2.05, 4.69) is 57.7 Å². The van der Waals surface area contributed by atoms with Crippen molar-refractivity contribution in [3.05, 3.63) is 29.8 Å². The largest absolute Gasteiger partial charge is 0.143 e. The van der Waals surface area contributed by atoms with Gasteiger partial charge in [-0.1, -0.05) is 58.6 Å². The zero-order valence-corrected chi connectivity index (χ0v) is 12.3. The van der Waals surface area contributed by atoms with Crippen LogP contribution < -0.4 is 0 Å². The van der Waals surface area contributed by atoms with Crippen LogP contribution in [-0.4, -0.2) is 0 Å². The lowest BCUT2D eigenvalue weighted by Crippen LogP contribution is -1.96. The Labute approximate surface area is 112 Å². The van der Waals surface area contributed by atoms with Crippen LogP contribution in [0.15, 0.2) is 29.2 Å². The number of hydrogen-bond donors (Lipinski definition) is 1. The molecule has 0 saturated carbocycles. The molecule has 0 aliphatic heterocycles. The predicted molar refractivity (Wildman–Crippen MR) is 80.0 cm³/mol. The van der Waals surface area contributed by atoms with Gasteiger partial charge in [0.1, 0.15) is 0 Å². The standard InChI is InChI=1S/C16H26S/c1-4-13(2)7-5-6-8-14(3)15-9-11-16(17)12-10-15/h9-14,17H,4-8H2,1-3H3. The first-order valence-corrected chi connectivity index (χ1v) is 7.37. The van der Waals surface area contributed by atoms with E-state index in [0.717, 1.165) is 10.8 Å². The van der Waals surface area contributed by atoms with E-state index in [-0.39, 0.29) is 0 Å². The fourth-order valence-corrected chi connectivity index (χ4v) is 2.27. The van der Waals surface area contributed by atoms with Gasteiger partial charge in [0.05, 0.1) is 0 Å². The van der Waals surface area contributed by atoms with Crippen molar-refractivity contribution >= 4 is 12.6 Å². The summed E-state index contributed by atoms with van der Waals surface area (Å²) in [4.78, 5) is 1.05. The fourth-order valence-electron chi connectivity index (χ4n) is 2.12. The number of unbranched alkanes of at least 4 members (excludes halogenated alkanes) is 1. The lowest BCUT2D eigenvalue weighted by Gasteiger charge is -2.13. The van der Waals surface area contributed by atoms with Gasteiger partial charge in [-0.05, 0) is 36.0 Å². The van der Waals surface area contributed by atoms with Gasteiger partial charge < -0.3 is 0 Å². The van der Waals surface area contributed by atoms with Crippen LogP contribution in [0, 0.1) is 5.92 Å². The van der Waals surface area contributed by atoms with Gasteiger partial charge in [-0.3, -0.25) is 0 Å². The molecule has 2 atom stereocenters. The molecular weight excluding hydrogens is 224 g/mol. The van der Waals surface area contributed by atoms with Crippen molar-refractivity contribution in [3.63, 3.8) is 0 Å². The maximum atomic E-state index is 4.32. The van der Waals surface area contributed by atoms with Gasteiger partial charge in [-0.2, -0.15) is 0 Å². The molecule has 0 amide bonds. The summed E-state index contributed by atoms with van der Waals surface area (Å²) in [6, 6.07) is 8.60. The Hall–Kier alpha value is -0.430. The number of hydrogen-bond acceptors (Lipinski definition) is 1. The first kappa shape index (κ1) is 14.6. The van der Waals surface area contributed by atoms with E-state index in [4.69, 9.17) is 0 Å². The molecule has 0 aromatic heterocycles. The SMILES string of the molecule is CCC(C)CCCCC(C)c1ccc(S)cc1. The Bertz CT molecular complexity index is 302. The highest BCUT2D eigenvalue weighted by Gasteiger charge is 2.05. The van der Waals surface area contributed by atoms with Crippen molar-refractivity contribution in [2.24, 2.45) is 5.92 Å². The second kappa shape index (κ2) is 7.81. The Morgan fingerprint density at radius 2 is 1.59 bits per heavy atom. The van der Waals surface area contributed by atoms with Gasteiger partial charge in [-0.25, -0.2) is 0 Å². The molecule has 2 unspecified atom stereocenters. The molecule has 0 bridgehead atoms. The van der Waals surface area contributed by atoms with E-state index in [1.165, 1.54) is 37.7 Å². The minimum absolute atomic E-state index is 0.681. The smallest absolute Gasteiger partial charge is 0.00401 e. The Kier molecular flexibility index (Phi) is 6.72. The van der Waals surface area contributed by atoms with Gasteiger partial charge in [0.25, 0.3) is 0 Å². The summed E-state index contributed by atoms with van der Waals surface area (Å²) in [6.07, 6.45) is 6.75. The van der Waals surface area contributed by atoms with Crippen molar-refractivity contribution in [2.45, 2.75) is 63.7 Å². The lowest BCUT2D eigenvalue weighted by molar-refractivity contribution is 0.469. The Morgan fingerprint density at radius 3 is 2.18 bits per heavy atom. The molecule has 0 spiro atoms. The van der Waals surface area contributed by atoms with Gasteiger partial charge >= 0.3 is 0 Å². The summed E-state index contributed by atoms with van der Waals surface area (Å²) in [6.45, 7) is 6.97. The summed E-state index contributed by atoms with van der Waals surface area (Å²) < 4.78 is 0. The topological polar surface area (TPSA) is 0 Å². The molecule has 0 nitrogen and oxygen atoms in total. The number of rotatable bonds is 7. The monoisotopic (exact) mass is 250 g/mol.